The lowest BCUT2D eigenvalue weighted by molar-refractivity contribution is 0.102. The fourth-order valence-corrected chi connectivity index (χ4v) is 4.95. The van der Waals surface area contributed by atoms with E-state index in [9.17, 15) is 13.2 Å². The Hall–Kier alpha value is -2.52. The number of anilines is 1. The number of amides is 1. The number of benzene rings is 2. The molecule has 162 valence electrons. The lowest BCUT2D eigenvalue weighted by Gasteiger charge is -2.13. The van der Waals surface area contributed by atoms with Gasteiger partial charge in [-0.1, -0.05) is 11.6 Å². The maximum atomic E-state index is 13.2. The molecule has 9 heteroatoms. The highest BCUT2D eigenvalue weighted by molar-refractivity contribution is 7.89. The third kappa shape index (κ3) is 4.57. The highest BCUT2D eigenvalue weighted by atomic mass is 35.5. The summed E-state index contributed by atoms with van der Waals surface area (Å²) in [4.78, 5) is 18.0. The number of aromatic nitrogens is 1. The van der Waals surface area contributed by atoms with Crippen molar-refractivity contribution in [3.63, 3.8) is 0 Å². The van der Waals surface area contributed by atoms with Crippen LogP contribution >= 0.6 is 11.6 Å². The average molecular weight is 460 g/mol. The van der Waals surface area contributed by atoms with E-state index in [0.717, 1.165) is 36.0 Å². The van der Waals surface area contributed by atoms with Gasteiger partial charge >= 0.3 is 0 Å². The van der Waals surface area contributed by atoms with Gasteiger partial charge in [-0.3, -0.25) is 9.78 Å². The molecule has 4 rings (SSSR count). The van der Waals surface area contributed by atoms with Gasteiger partial charge in [-0.25, -0.2) is 13.1 Å². The zero-order valence-corrected chi connectivity index (χ0v) is 18.5. The molecule has 0 atom stereocenters. The number of nitrogens with zero attached hydrogens (tertiary/aromatic N) is 1. The maximum absolute atomic E-state index is 13.2. The van der Waals surface area contributed by atoms with Gasteiger partial charge in [0.05, 0.1) is 22.6 Å². The fraction of sp³-hybridized carbons (Fsp3) is 0.273. The number of nitrogens with one attached hydrogen (secondary N) is 2. The Bertz CT molecular complexity index is 1240. The van der Waals surface area contributed by atoms with Crippen LogP contribution in [0.5, 0.6) is 0 Å². The van der Waals surface area contributed by atoms with Crippen molar-refractivity contribution < 1.29 is 17.9 Å². The quantitative estimate of drug-likeness (QED) is 0.526. The highest BCUT2D eigenvalue weighted by Crippen LogP contribution is 2.32. The summed E-state index contributed by atoms with van der Waals surface area (Å²) in [6.07, 6.45) is 2.59. The molecule has 1 aromatic heterocycles. The molecular formula is C22H22ClN3O4S. The first kappa shape index (κ1) is 21.7. The fourth-order valence-electron chi connectivity index (χ4n) is 3.77. The van der Waals surface area contributed by atoms with E-state index in [2.05, 4.69) is 10.0 Å². The third-order valence-corrected chi connectivity index (χ3v) is 6.93. The number of hydrogen-bond acceptors (Lipinski definition) is 5. The van der Waals surface area contributed by atoms with Crippen LogP contribution in [0.4, 0.5) is 5.69 Å². The molecule has 2 aromatic carbocycles. The molecule has 3 aromatic rings. The Morgan fingerprint density at radius 2 is 1.94 bits per heavy atom. The molecule has 0 spiro atoms. The van der Waals surface area contributed by atoms with Crippen molar-refractivity contribution in [3.05, 3.63) is 64.3 Å². The second-order valence-electron chi connectivity index (χ2n) is 7.30. The molecule has 1 amide bonds. The number of sulfonamides is 1. The molecule has 7 nitrogen and oxygen atoms in total. The van der Waals surface area contributed by atoms with Crippen molar-refractivity contribution >= 4 is 44.1 Å². The predicted octanol–water partition coefficient (Wildman–Crippen LogP) is 3.55. The van der Waals surface area contributed by atoms with Crippen LogP contribution in [0.1, 0.15) is 28.0 Å². The van der Waals surface area contributed by atoms with E-state index >= 15 is 0 Å². The topological polar surface area (TPSA) is 97.4 Å². The van der Waals surface area contributed by atoms with E-state index in [0.29, 0.717) is 21.7 Å². The number of carbonyl (C=O) groups excluding carboxylic acids is 1. The summed E-state index contributed by atoms with van der Waals surface area (Å²) in [6, 6.07) is 11.4. The minimum Gasteiger partial charge on any atom is -0.383 e. The molecule has 31 heavy (non-hydrogen) atoms. The van der Waals surface area contributed by atoms with Crippen LogP contribution in [0.25, 0.3) is 10.9 Å². The SMILES string of the molecule is COCCNS(=O)(=O)c1ccc(NC(=O)c2c3c(nc4ccc(Cl)cc24)CCC3)cc1. The van der Waals surface area contributed by atoms with E-state index in [-0.39, 0.29) is 24.0 Å². The Labute approximate surface area is 185 Å². The molecule has 1 aliphatic carbocycles. The molecule has 0 fully saturated rings. The van der Waals surface area contributed by atoms with Crippen LogP contribution in [-0.2, 0) is 27.6 Å². The minimum absolute atomic E-state index is 0.114. The van der Waals surface area contributed by atoms with Crippen LogP contribution in [0, 0.1) is 0 Å². The standard InChI is InChI=1S/C22H22ClN3O4S/c1-30-12-11-24-31(28,29)16-8-6-15(7-9-16)25-22(27)21-17-3-2-4-19(17)26-20-10-5-14(23)13-18(20)21/h5-10,13,24H,2-4,11-12H2,1H3,(H,25,27). The van der Waals surface area contributed by atoms with Gasteiger partial charge in [0.2, 0.25) is 10.0 Å². The normalized spacial score (nSPS) is 13.4. The summed E-state index contributed by atoms with van der Waals surface area (Å²) in [7, 11) is -2.14. The zero-order chi connectivity index (χ0) is 22.0. The molecule has 0 bridgehead atoms. The molecule has 1 aliphatic rings. The zero-order valence-electron chi connectivity index (χ0n) is 16.9. The van der Waals surface area contributed by atoms with Crippen molar-refractivity contribution in [2.45, 2.75) is 24.2 Å². The Morgan fingerprint density at radius 3 is 2.68 bits per heavy atom. The monoisotopic (exact) mass is 459 g/mol. The van der Waals surface area contributed by atoms with Gasteiger partial charge in [0.15, 0.2) is 0 Å². The Morgan fingerprint density at radius 1 is 1.16 bits per heavy atom. The van der Waals surface area contributed by atoms with Gasteiger partial charge in [-0.15, -0.1) is 0 Å². The maximum Gasteiger partial charge on any atom is 0.256 e. The van der Waals surface area contributed by atoms with Crippen LogP contribution in [0.3, 0.4) is 0 Å². The number of pyridine rings is 1. The molecule has 0 saturated heterocycles. The van der Waals surface area contributed by atoms with Gasteiger partial charge in [0.25, 0.3) is 5.91 Å². The Kier molecular flexibility index (Phi) is 6.24. The van der Waals surface area contributed by atoms with Crippen molar-refractivity contribution in [2.24, 2.45) is 0 Å². The summed E-state index contributed by atoms with van der Waals surface area (Å²) < 4.78 is 31.9. The third-order valence-electron chi connectivity index (χ3n) is 5.22. The number of ether oxygens (including phenoxy) is 1. The summed E-state index contributed by atoms with van der Waals surface area (Å²) >= 11 is 6.18. The summed E-state index contributed by atoms with van der Waals surface area (Å²) in [5.41, 5.74) is 3.72. The first-order valence-corrected chi connectivity index (χ1v) is 11.8. The van der Waals surface area contributed by atoms with E-state index in [1.54, 1.807) is 24.3 Å². The summed E-state index contributed by atoms with van der Waals surface area (Å²) in [5, 5.41) is 4.14. The summed E-state index contributed by atoms with van der Waals surface area (Å²) in [5.74, 6) is -0.262. The number of carbonyl (C=O) groups is 1. The number of fused-ring (bicyclic) bond motifs is 2. The number of halogens is 1. The minimum atomic E-state index is -3.64. The Balaban J connectivity index is 1.61. The lowest BCUT2D eigenvalue weighted by atomic mass is 10.0. The van der Waals surface area contributed by atoms with Gasteiger partial charge in [-0.05, 0) is 67.3 Å². The van der Waals surface area contributed by atoms with Crippen LogP contribution in [-0.4, -0.2) is 39.6 Å². The second-order valence-corrected chi connectivity index (χ2v) is 9.50. The first-order valence-electron chi connectivity index (χ1n) is 9.90. The van der Waals surface area contributed by atoms with Crippen LogP contribution in [0.2, 0.25) is 5.02 Å². The van der Waals surface area contributed by atoms with Crippen molar-refractivity contribution in [1.29, 1.82) is 0 Å². The molecule has 1 heterocycles. The van der Waals surface area contributed by atoms with E-state index in [1.807, 2.05) is 6.07 Å². The smallest absolute Gasteiger partial charge is 0.256 e. The highest BCUT2D eigenvalue weighted by Gasteiger charge is 2.24. The number of aryl methyl sites for hydroxylation is 1. The lowest BCUT2D eigenvalue weighted by Crippen LogP contribution is -2.27. The second kappa shape index (κ2) is 8.92. The van der Waals surface area contributed by atoms with Gasteiger partial charge in [0, 0.05) is 35.4 Å². The number of rotatable bonds is 7. The van der Waals surface area contributed by atoms with E-state index < -0.39 is 10.0 Å². The largest absolute Gasteiger partial charge is 0.383 e. The molecule has 2 N–H and O–H groups in total. The summed E-state index contributed by atoms with van der Waals surface area (Å²) in [6.45, 7) is 0.460. The number of hydrogen-bond donors (Lipinski definition) is 2. The van der Waals surface area contributed by atoms with E-state index in [4.69, 9.17) is 21.3 Å². The van der Waals surface area contributed by atoms with Gasteiger partial charge in [-0.2, -0.15) is 0 Å². The molecule has 0 aliphatic heterocycles. The number of methoxy groups -OCH3 is 1. The molecule has 0 unspecified atom stereocenters. The molecule has 0 saturated carbocycles. The average Bonchev–Trinajstić information content (AvgIpc) is 3.20. The van der Waals surface area contributed by atoms with E-state index in [1.165, 1.54) is 19.2 Å². The molecular weight excluding hydrogens is 438 g/mol. The molecule has 0 radical (unpaired) electrons. The van der Waals surface area contributed by atoms with Crippen LogP contribution < -0.4 is 10.0 Å². The van der Waals surface area contributed by atoms with Gasteiger partial charge in [0.1, 0.15) is 0 Å². The first-order chi connectivity index (χ1) is 14.9. The van der Waals surface area contributed by atoms with Crippen molar-refractivity contribution in [3.8, 4) is 0 Å². The van der Waals surface area contributed by atoms with Gasteiger partial charge < -0.3 is 10.1 Å². The van der Waals surface area contributed by atoms with Crippen molar-refractivity contribution in [2.75, 3.05) is 25.6 Å². The van der Waals surface area contributed by atoms with Crippen molar-refractivity contribution in [1.82, 2.24) is 9.71 Å². The predicted molar refractivity (Wildman–Crippen MR) is 120 cm³/mol. The van der Waals surface area contributed by atoms with Crippen LogP contribution in [0.15, 0.2) is 47.4 Å².